The second-order valence-electron chi connectivity index (χ2n) is 4.31. The fraction of sp³-hybridized carbons (Fsp3) is 0.214. The fourth-order valence-corrected chi connectivity index (χ4v) is 2.56. The predicted octanol–water partition coefficient (Wildman–Crippen LogP) is 4.35. The van der Waals surface area contributed by atoms with Crippen LogP contribution >= 0.6 is 11.3 Å². The van der Waals surface area contributed by atoms with Crippen LogP contribution in [0.2, 0.25) is 0 Å². The Morgan fingerprint density at radius 3 is 2.62 bits per heavy atom. The van der Waals surface area contributed by atoms with Crippen molar-refractivity contribution in [2.24, 2.45) is 0 Å². The minimum atomic E-state index is -4.42. The first kappa shape index (κ1) is 15.4. The molecule has 1 aromatic heterocycles. The first-order valence-corrected chi connectivity index (χ1v) is 6.71. The molecule has 2 aromatic rings. The van der Waals surface area contributed by atoms with E-state index in [4.69, 9.17) is 9.84 Å². The van der Waals surface area contributed by atoms with Crippen molar-refractivity contribution in [2.75, 3.05) is 0 Å². The van der Waals surface area contributed by atoms with E-state index in [0.29, 0.717) is 5.56 Å². The van der Waals surface area contributed by atoms with Gasteiger partial charge in [-0.1, -0.05) is 6.07 Å². The molecule has 0 saturated heterocycles. The number of hydrogen-bond acceptors (Lipinski definition) is 3. The van der Waals surface area contributed by atoms with Crippen molar-refractivity contribution >= 4 is 17.3 Å². The van der Waals surface area contributed by atoms with E-state index in [-0.39, 0.29) is 17.2 Å². The Hall–Kier alpha value is -2.02. The molecule has 7 heteroatoms. The Bertz CT molecular complexity index is 662. The van der Waals surface area contributed by atoms with Crippen LogP contribution in [-0.2, 0) is 12.8 Å². The summed E-state index contributed by atoms with van der Waals surface area (Å²) in [5.74, 6) is -0.944. The Balaban J connectivity index is 2.12. The smallest absolute Gasteiger partial charge is 0.416 e. The maximum Gasteiger partial charge on any atom is 0.416 e. The van der Waals surface area contributed by atoms with E-state index in [9.17, 15) is 18.0 Å². The minimum Gasteiger partial charge on any atom is -0.489 e. The molecule has 0 aliphatic rings. The summed E-state index contributed by atoms with van der Waals surface area (Å²) < 4.78 is 43.0. The molecule has 0 amide bonds. The van der Waals surface area contributed by atoms with Gasteiger partial charge in [-0.15, -0.1) is 11.3 Å². The van der Waals surface area contributed by atoms with E-state index < -0.39 is 17.7 Å². The number of rotatable bonds is 4. The summed E-state index contributed by atoms with van der Waals surface area (Å²) in [6.07, 6.45) is -4.42. The van der Waals surface area contributed by atoms with Crippen molar-refractivity contribution in [1.29, 1.82) is 0 Å². The number of alkyl halides is 3. The SMILES string of the molecule is Cc1sc(C(=O)O)cc1COc1cccc(C(F)(F)F)c1. The Morgan fingerprint density at radius 2 is 2.05 bits per heavy atom. The van der Waals surface area contributed by atoms with Gasteiger partial charge in [0, 0.05) is 10.4 Å². The number of aromatic carboxylic acids is 1. The number of carboxylic acid groups (broad SMARTS) is 1. The third kappa shape index (κ3) is 3.75. The Morgan fingerprint density at radius 1 is 1.33 bits per heavy atom. The average Bonchev–Trinajstić information content (AvgIpc) is 2.77. The van der Waals surface area contributed by atoms with Crippen molar-refractivity contribution in [3.8, 4) is 5.75 Å². The second kappa shape index (κ2) is 5.77. The second-order valence-corrected chi connectivity index (χ2v) is 5.57. The molecule has 0 fully saturated rings. The van der Waals surface area contributed by atoms with Crippen LogP contribution < -0.4 is 4.74 Å². The van der Waals surface area contributed by atoms with Crippen LogP contribution in [0.5, 0.6) is 5.75 Å². The lowest BCUT2D eigenvalue weighted by atomic mass is 10.2. The molecule has 0 unspecified atom stereocenters. The van der Waals surface area contributed by atoms with Crippen molar-refractivity contribution in [2.45, 2.75) is 19.7 Å². The maximum absolute atomic E-state index is 12.6. The molecule has 1 aromatic carbocycles. The summed E-state index contributed by atoms with van der Waals surface area (Å²) in [6.45, 7) is 1.76. The van der Waals surface area contributed by atoms with E-state index in [2.05, 4.69) is 0 Å². The number of aryl methyl sites for hydroxylation is 1. The van der Waals surface area contributed by atoms with Gasteiger partial charge in [-0.05, 0) is 31.2 Å². The standard InChI is InChI=1S/C14H11F3O3S/c1-8-9(5-12(21-8)13(18)19)7-20-11-4-2-3-10(6-11)14(15,16)17/h2-6H,7H2,1H3,(H,18,19). The Labute approximate surface area is 122 Å². The van der Waals surface area contributed by atoms with Gasteiger partial charge in [-0.25, -0.2) is 4.79 Å². The number of thiophene rings is 1. The monoisotopic (exact) mass is 316 g/mol. The van der Waals surface area contributed by atoms with Gasteiger partial charge in [0.25, 0.3) is 0 Å². The van der Waals surface area contributed by atoms with Crippen molar-refractivity contribution in [3.63, 3.8) is 0 Å². The molecule has 21 heavy (non-hydrogen) atoms. The molecule has 0 saturated carbocycles. The number of carbonyl (C=O) groups is 1. The van der Waals surface area contributed by atoms with Gasteiger partial charge in [0.1, 0.15) is 17.2 Å². The van der Waals surface area contributed by atoms with Gasteiger partial charge >= 0.3 is 12.1 Å². The van der Waals surface area contributed by atoms with Crippen molar-refractivity contribution in [1.82, 2.24) is 0 Å². The zero-order valence-electron chi connectivity index (χ0n) is 10.9. The zero-order valence-corrected chi connectivity index (χ0v) is 11.7. The van der Waals surface area contributed by atoms with Crippen molar-refractivity contribution in [3.05, 3.63) is 51.2 Å². The highest BCUT2D eigenvalue weighted by Gasteiger charge is 2.30. The number of hydrogen-bond donors (Lipinski definition) is 1. The zero-order chi connectivity index (χ0) is 15.6. The summed E-state index contributed by atoms with van der Waals surface area (Å²) in [6, 6.07) is 6.04. The van der Waals surface area contributed by atoms with Gasteiger partial charge in [0.05, 0.1) is 5.56 Å². The number of carboxylic acids is 1. The van der Waals surface area contributed by atoms with Crippen LogP contribution in [0.15, 0.2) is 30.3 Å². The Kier molecular flexibility index (Phi) is 4.22. The summed E-state index contributed by atoms with van der Waals surface area (Å²) in [5, 5.41) is 8.88. The van der Waals surface area contributed by atoms with Gasteiger partial charge in [0.15, 0.2) is 0 Å². The topological polar surface area (TPSA) is 46.5 Å². The van der Waals surface area contributed by atoms with Gasteiger partial charge in [-0.3, -0.25) is 0 Å². The average molecular weight is 316 g/mol. The number of halogens is 3. The molecule has 112 valence electrons. The molecule has 0 aliphatic carbocycles. The van der Waals surface area contributed by atoms with Gasteiger partial charge in [-0.2, -0.15) is 13.2 Å². The third-order valence-corrected chi connectivity index (χ3v) is 3.87. The molecule has 1 heterocycles. The molecule has 3 nitrogen and oxygen atoms in total. The van der Waals surface area contributed by atoms with Crippen LogP contribution in [-0.4, -0.2) is 11.1 Å². The maximum atomic E-state index is 12.6. The summed E-state index contributed by atoms with van der Waals surface area (Å²) in [7, 11) is 0. The molecular formula is C14H11F3O3S. The largest absolute Gasteiger partial charge is 0.489 e. The highest BCUT2D eigenvalue weighted by atomic mass is 32.1. The molecule has 0 aliphatic heterocycles. The molecule has 0 bridgehead atoms. The molecule has 0 atom stereocenters. The summed E-state index contributed by atoms with van der Waals surface area (Å²) >= 11 is 1.11. The predicted molar refractivity (Wildman–Crippen MR) is 71.8 cm³/mol. The first-order valence-electron chi connectivity index (χ1n) is 5.90. The third-order valence-electron chi connectivity index (χ3n) is 2.79. The van der Waals surface area contributed by atoms with E-state index in [1.807, 2.05) is 0 Å². The van der Waals surface area contributed by atoms with Gasteiger partial charge < -0.3 is 9.84 Å². The molecule has 1 N–H and O–H groups in total. The molecular weight excluding hydrogens is 305 g/mol. The van der Waals surface area contributed by atoms with Crippen molar-refractivity contribution < 1.29 is 27.8 Å². The first-order chi connectivity index (χ1) is 9.77. The normalized spacial score (nSPS) is 11.4. The fourth-order valence-electron chi connectivity index (χ4n) is 1.69. The number of benzene rings is 1. The van der Waals surface area contributed by atoms with E-state index in [1.165, 1.54) is 18.2 Å². The molecule has 0 spiro atoms. The van der Waals surface area contributed by atoms with Crippen LogP contribution in [0.1, 0.15) is 25.7 Å². The molecule has 2 rings (SSSR count). The summed E-state index contributed by atoms with van der Waals surface area (Å²) in [4.78, 5) is 11.8. The van der Waals surface area contributed by atoms with Crippen LogP contribution in [0.3, 0.4) is 0 Å². The highest BCUT2D eigenvalue weighted by Crippen LogP contribution is 2.31. The highest BCUT2D eigenvalue weighted by molar-refractivity contribution is 7.14. The molecule has 0 radical (unpaired) electrons. The number of ether oxygens (including phenoxy) is 1. The van der Waals surface area contributed by atoms with Crippen LogP contribution in [0.4, 0.5) is 13.2 Å². The lowest BCUT2D eigenvalue weighted by Gasteiger charge is -2.10. The minimum absolute atomic E-state index is 0.0247. The van der Waals surface area contributed by atoms with E-state index in [1.54, 1.807) is 6.92 Å². The summed E-state index contributed by atoms with van der Waals surface area (Å²) in [5.41, 5.74) is -0.136. The lowest BCUT2D eigenvalue weighted by Crippen LogP contribution is -2.05. The van der Waals surface area contributed by atoms with Crippen LogP contribution in [0, 0.1) is 6.92 Å². The lowest BCUT2D eigenvalue weighted by molar-refractivity contribution is -0.137. The van der Waals surface area contributed by atoms with Gasteiger partial charge in [0.2, 0.25) is 0 Å². The quantitative estimate of drug-likeness (QED) is 0.912. The van der Waals surface area contributed by atoms with E-state index >= 15 is 0 Å². The van der Waals surface area contributed by atoms with Crippen LogP contribution in [0.25, 0.3) is 0 Å². The van der Waals surface area contributed by atoms with E-state index in [0.717, 1.165) is 28.3 Å².